The van der Waals surface area contributed by atoms with Crippen molar-refractivity contribution < 1.29 is 19.0 Å². The van der Waals surface area contributed by atoms with Gasteiger partial charge in [-0.05, 0) is 0 Å². The molecule has 1 fully saturated rings. The van der Waals surface area contributed by atoms with E-state index < -0.39 is 12.1 Å². The molecule has 1 saturated heterocycles. The van der Waals surface area contributed by atoms with Crippen molar-refractivity contribution in [3.8, 4) is 0 Å². The summed E-state index contributed by atoms with van der Waals surface area (Å²) in [6.07, 6.45) is -1.57. The number of carbonyl (C=O) groups is 1. The van der Waals surface area contributed by atoms with Crippen LogP contribution >= 0.6 is 0 Å². The van der Waals surface area contributed by atoms with Crippen molar-refractivity contribution in [1.29, 1.82) is 0 Å². The maximum atomic E-state index is 11.7. The molecule has 0 amide bonds. The Morgan fingerprint density at radius 1 is 1.86 bits per heavy atom. The van der Waals surface area contributed by atoms with Crippen molar-refractivity contribution in [3.05, 3.63) is 0 Å². The molecule has 0 radical (unpaired) electrons. The number of halogens is 1. The highest BCUT2D eigenvalue weighted by atomic mass is 19.1. The average molecular weight is 106 g/mol. The number of alkyl halides is 1. The maximum Gasteiger partial charge on any atom is 0.378 e. The van der Waals surface area contributed by atoms with Crippen LogP contribution in [0.4, 0.5) is 4.39 Å². The van der Waals surface area contributed by atoms with E-state index in [2.05, 4.69) is 9.78 Å². The Balaban J connectivity index is 2.48. The van der Waals surface area contributed by atoms with Gasteiger partial charge in [-0.25, -0.2) is 9.18 Å². The van der Waals surface area contributed by atoms with E-state index in [1.54, 1.807) is 0 Å². The largest absolute Gasteiger partial charge is 0.378 e. The monoisotopic (exact) mass is 106 g/mol. The first-order valence-electron chi connectivity index (χ1n) is 1.78. The van der Waals surface area contributed by atoms with Gasteiger partial charge >= 0.3 is 5.97 Å². The smallest absolute Gasteiger partial charge is 0.295 e. The van der Waals surface area contributed by atoms with Crippen LogP contribution in [0.25, 0.3) is 0 Å². The molecule has 1 rings (SSSR count). The molecule has 1 unspecified atom stereocenters. The minimum atomic E-state index is -1.57. The molecule has 0 bridgehead atoms. The van der Waals surface area contributed by atoms with E-state index in [9.17, 15) is 9.18 Å². The lowest BCUT2D eigenvalue weighted by atomic mass is 10.4. The van der Waals surface area contributed by atoms with Gasteiger partial charge in [-0.2, -0.15) is 4.89 Å². The van der Waals surface area contributed by atoms with Crippen LogP contribution in [0.5, 0.6) is 0 Å². The summed E-state index contributed by atoms with van der Waals surface area (Å²) in [5.74, 6) is -0.931. The van der Waals surface area contributed by atoms with Crippen molar-refractivity contribution in [2.75, 3.05) is 6.61 Å². The summed E-state index contributed by atoms with van der Waals surface area (Å²) < 4.78 is 11.7. The van der Waals surface area contributed by atoms with Gasteiger partial charge in [0.15, 0.2) is 0 Å². The Hall–Kier alpha value is -0.640. The second-order valence-electron chi connectivity index (χ2n) is 1.15. The molecule has 40 valence electrons. The molecule has 0 aromatic carbocycles. The summed E-state index contributed by atoms with van der Waals surface area (Å²) >= 11 is 0. The molecule has 0 aliphatic carbocycles. The predicted molar refractivity (Wildman–Crippen MR) is 16.9 cm³/mol. The van der Waals surface area contributed by atoms with E-state index in [0.29, 0.717) is 0 Å². The van der Waals surface area contributed by atoms with Crippen LogP contribution in [0.2, 0.25) is 0 Å². The molecule has 0 aromatic heterocycles. The van der Waals surface area contributed by atoms with E-state index in [1.807, 2.05) is 0 Å². The van der Waals surface area contributed by atoms with E-state index >= 15 is 0 Å². The number of carbonyl (C=O) groups excluding carboxylic acids is 1. The zero-order valence-electron chi connectivity index (χ0n) is 3.39. The van der Waals surface area contributed by atoms with E-state index in [1.165, 1.54) is 0 Å². The SMILES string of the molecule is O=C1OOCC1F. The minimum Gasteiger partial charge on any atom is -0.295 e. The zero-order valence-corrected chi connectivity index (χ0v) is 3.39. The number of rotatable bonds is 0. The molecule has 0 N–H and O–H groups in total. The highest BCUT2D eigenvalue weighted by molar-refractivity contribution is 5.75. The molecule has 0 saturated carbocycles. The summed E-state index contributed by atoms with van der Waals surface area (Å²) in [4.78, 5) is 17.5. The normalized spacial score (nSPS) is 30.4. The van der Waals surface area contributed by atoms with E-state index in [4.69, 9.17) is 0 Å². The van der Waals surface area contributed by atoms with Crippen LogP contribution < -0.4 is 0 Å². The lowest BCUT2D eigenvalue weighted by Crippen LogP contribution is -2.09. The van der Waals surface area contributed by atoms with Crippen molar-refractivity contribution in [2.45, 2.75) is 6.17 Å². The molecular formula is C3H3FO3. The molecule has 0 aromatic rings. The van der Waals surface area contributed by atoms with Crippen LogP contribution in [0.1, 0.15) is 0 Å². The summed E-state index contributed by atoms with van der Waals surface area (Å²) in [6, 6.07) is 0. The van der Waals surface area contributed by atoms with Gasteiger partial charge in [0.25, 0.3) is 0 Å². The van der Waals surface area contributed by atoms with Crippen LogP contribution in [-0.4, -0.2) is 18.7 Å². The summed E-state index contributed by atoms with van der Waals surface area (Å²) in [5.41, 5.74) is 0. The molecular weight excluding hydrogens is 103 g/mol. The van der Waals surface area contributed by atoms with Gasteiger partial charge in [0.2, 0.25) is 6.17 Å². The lowest BCUT2D eigenvalue weighted by Gasteiger charge is -1.80. The van der Waals surface area contributed by atoms with Crippen molar-refractivity contribution >= 4 is 5.97 Å². The fourth-order valence-corrected chi connectivity index (χ4v) is 0.272. The highest BCUT2D eigenvalue weighted by Crippen LogP contribution is 2.03. The summed E-state index contributed by atoms with van der Waals surface area (Å²) in [6.45, 7) is -0.265. The molecule has 0 spiro atoms. The average Bonchev–Trinajstić information content (AvgIpc) is 1.91. The Bertz CT molecular complexity index is 92.2. The van der Waals surface area contributed by atoms with Crippen LogP contribution in [0.3, 0.4) is 0 Å². The third-order valence-corrected chi connectivity index (χ3v) is 0.611. The van der Waals surface area contributed by atoms with Crippen LogP contribution in [0.15, 0.2) is 0 Å². The first-order valence-corrected chi connectivity index (χ1v) is 1.78. The second kappa shape index (κ2) is 1.46. The van der Waals surface area contributed by atoms with Gasteiger partial charge in [-0.15, -0.1) is 0 Å². The standard InChI is InChI=1S/C3H3FO3/c4-2-1-6-7-3(2)5/h2H,1H2. The van der Waals surface area contributed by atoms with Crippen molar-refractivity contribution in [2.24, 2.45) is 0 Å². The Morgan fingerprint density at radius 2 is 2.57 bits per heavy atom. The Morgan fingerprint density at radius 3 is 2.71 bits per heavy atom. The van der Waals surface area contributed by atoms with Gasteiger partial charge in [-0.1, -0.05) is 0 Å². The fraction of sp³-hybridized carbons (Fsp3) is 0.667. The minimum absolute atomic E-state index is 0.265. The van der Waals surface area contributed by atoms with Gasteiger partial charge in [0.1, 0.15) is 6.61 Å². The predicted octanol–water partition coefficient (Wildman–Crippen LogP) is -0.187. The molecule has 1 atom stereocenters. The molecule has 1 aliphatic heterocycles. The van der Waals surface area contributed by atoms with Gasteiger partial charge in [-0.3, -0.25) is 4.89 Å². The third-order valence-electron chi connectivity index (χ3n) is 0.611. The molecule has 4 heteroatoms. The molecule has 3 nitrogen and oxygen atoms in total. The Labute approximate surface area is 38.9 Å². The first kappa shape index (κ1) is 4.52. The lowest BCUT2D eigenvalue weighted by molar-refractivity contribution is -0.240. The topological polar surface area (TPSA) is 35.5 Å². The van der Waals surface area contributed by atoms with Crippen LogP contribution in [-0.2, 0) is 14.6 Å². The molecule has 1 aliphatic rings. The number of hydrogen-bond acceptors (Lipinski definition) is 3. The zero-order chi connectivity index (χ0) is 5.28. The third kappa shape index (κ3) is 0.691. The fourth-order valence-electron chi connectivity index (χ4n) is 0.272. The van der Waals surface area contributed by atoms with Gasteiger partial charge < -0.3 is 0 Å². The van der Waals surface area contributed by atoms with Crippen molar-refractivity contribution in [3.63, 3.8) is 0 Å². The Kier molecular flexibility index (Phi) is 0.941. The maximum absolute atomic E-state index is 11.7. The number of hydrogen-bond donors (Lipinski definition) is 0. The van der Waals surface area contributed by atoms with Gasteiger partial charge in [0, 0.05) is 0 Å². The van der Waals surface area contributed by atoms with Crippen LogP contribution in [0, 0.1) is 0 Å². The summed E-state index contributed by atoms with van der Waals surface area (Å²) in [7, 11) is 0. The van der Waals surface area contributed by atoms with E-state index in [0.717, 1.165) is 0 Å². The highest BCUT2D eigenvalue weighted by Gasteiger charge is 2.27. The summed E-state index contributed by atoms with van der Waals surface area (Å²) in [5, 5.41) is 0. The van der Waals surface area contributed by atoms with Gasteiger partial charge in [0.05, 0.1) is 0 Å². The van der Waals surface area contributed by atoms with E-state index in [-0.39, 0.29) is 6.61 Å². The molecule has 1 heterocycles. The van der Waals surface area contributed by atoms with Crippen molar-refractivity contribution in [1.82, 2.24) is 0 Å². The first-order chi connectivity index (χ1) is 3.30. The second-order valence-corrected chi connectivity index (χ2v) is 1.15. The quantitative estimate of drug-likeness (QED) is 0.401. The molecule has 7 heavy (non-hydrogen) atoms.